The summed E-state index contributed by atoms with van der Waals surface area (Å²) >= 11 is 5.99. The second-order valence-electron chi connectivity index (χ2n) is 4.56. The lowest BCUT2D eigenvalue weighted by Crippen LogP contribution is -2.41. The van der Waals surface area contributed by atoms with Gasteiger partial charge in [0.1, 0.15) is 0 Å². The second-order valence-corrected chi connectivity index (χ2v) is 5.17. The second kappa shape index (κ2) is 5.74. The van der Waals surface area contributed by atoms with Crippen molar-refractivity contribution >= 4 is 17.5 Å². The number of rotatable bonds is 5. The Labute approximate surface area is 97.8 Å². The van der Waals surface area contributed by atoms with E-state index in [0.717, 1.165) is 25.7 Å². The zero-order chi connectivity index (χ0) is 11.3. The third-order valence-corrected chi connectivity index (χ3v) is 4.11. The fourth-order valence-electron chi connectivity index (χ4n) is 2.33. The van der Waals surface area contributed by atoms with Crippen LogP contribution in [-0.2, 0) is 4.79 Å². The first kappa shape index (κ1) is 12.8. The largest absolute Gasteiger partial charge is 0.354 e. The molecule has 3 heteroatoms. The van der Waals surface area contributed by atoms with E-state index in [1.165, 1.54) is 12.8 Å². The van der Waals surface area contributed by atoms with Crippen molar-refractivity contribution < 1.29 is 4.79 Å². The van der Waals surface area contributed by atoms with Crippen molar-refractivity contribution in [2.45, 2.75) is 57.7 Å². The first-order chi connectivity index (χ1) is 7.14. The van der Waals surface area contributed by atoms with E-state index >= 15 is 0 Å². The molecule has 1 rings (SSSR count). The fourth-order valence-corrected chi connectivity index (χ4v) is 2.41. The Balaban J connectivity index is 2.44. The maximum Gasteiger partial charge on any atom is 0.226 e. The SMILES string of the molecule is CCC(Cl)CNC(=O)C1(CC)CCCC1. The van der Waals surface area contributed by atoms with Gasteiger partial charge in [-0.3, -0.25) is 4.79 Å². The zero-order valence-electron chi connectivity index (χ0n) is 9.81. The number of amides is 1. The van der Waals surface area contributed by atoms with Crippen LogP contribution in [0.2, 0.25) is 0 Å². The van der Waals surface area contributed by atoms with Crippen LogP contribution in [0.1, 0.15) is 52.4 Å². The van der Waals surface area contributed by atoms with Crippen molar-refractivity contribution in [2.24, 2.45) is 5.41 Å². The summed E-state index contributed by atoms with van der Waals surface area (Å²) in [5.74, 6) is 0.224. The van der Waals surface area contributed by atoms with E-state index in [-0.39, 0.29) is 16.7 Å². The molecule has 1 amide bonds. The summed E-state index contributed by atoms with van der Waals surface area (Å²) in [6.45, 7) is 4.76. The van der Waals surface area contributed by atoms with Gasteiger partial charge in [0, 0.05) is 12.0 Å². The molecule has 1 N–H and O–H groups in total. The minimum absolute atomic E-state index is 0.0734. The smallest absolute Gasteiger partial charge is 0.226 e. The van der Waals surface area contributed by atoms with E-state index in [9.17, 15) is 4.79 Å². The molecule has 1 atom stereocenters. The molecule has 15 heavy (non-hydrogen) atoms. The Hall–Kier alpha value is -0.240. The molecule has 0 spiro atoms. The lowest BCUT2D eigenvalue weighted by molar-refractivity contribution is -0.131. The summed E-state index contributed by atoms with van der Waals surface area (Å²) in [7, 11) is 0. The number of hydrogen-bond donors (Lipinski definition) is 1. The molecule has 1 saturated carbocycles. The van der Waals surface area contributed by atoms with Gasteiger partial charge in [-0.2, -0.15) is 0 Å². The van der Waals surface area contributed by atoms with Gasteiger partial charge in [0.15, 0.2) is 0 Å². The maximum absolute atomic E-state index is 12.0. The van der Waals surface area contributed by atoms with Gasteiger partial charge in [0.25, 0.3) is 0 Å². The van der Waals surface area contributed by atoms with Crippen LogP contribution in [0.15, 0.2) is 0 Å². The van der Waals surface area contributed by atoms with Crippen LogP contribution in [0.4, 0.5) is 0 Å². The highest BCUT2D eigenvalue weighted by Gasteiger charge is 2.39. The highest BCUT2D eigenvalue weighted by atomic mass is 35.5. The van der Waals surface area contributed by atoms with Gasteiger partial charge >= 0.3 is 0 Å². The van der Waals surface area contributed by atoms with E-state index < -0.39 is 0 Å². The Morgan fingerprint density at radius 1 is 1.40 bits per heavy atom. The van der Waals surface area contributed by atoms with Gasteiger partial charge in [-0.15, -0.1) is 11.6 Å². The highest BCUT2D eigenvalue weighted by molar-refractivity contribution is 6.20. The predicted molar refractivity (Wildman–Crippen MR) is 64.1 cm³/mol. The molecule has 2 nitrogen and oxygen atoms in total. The summed E-state index contributed by atoms with van der Waals surface area (Å²) in [5, 5.41) is 3.07. The first-order valence-corrected chi connectivity index (χ1v) is 6.50. The van der Waals surface area contributed by atoms with E-state index in [0.29, 0.717) is 6.54 Å². The fraction of sp³-hybridized carbons (Fsp3) is 0.917. The van der Waals surface area contributed by atoms with Crippen LogP contribution in [0.25, 0.3) is 0 Å². The molecule has 1 aliphatic rings. The summed E-state index contributed by atoms with van der Waals surface area (Å²) in [4.78, 5) is 12.0. The molecule has 0 bridgehead atoms. The lowest BCUT2D eigenvalue weighted by Gasteiger charge is -2.26. The topological polar surface area (TPSA) is 29.1 Å². The Morgan fingerprint density at radius 3 is 2.47 bits per heavy atom. The van der Waals surface area contributed by atoms with Crippen LogP contribution < -0.4 is 5.32 Å². The Morgan fingerprint density at radius 2 is 2.00 bits per heavy atom. The van der Waals surface area contributed by atoms with E-state index in [2.05, 4.69) is 12.2 Å². The molecular weight excluding hydrogens is 210 g/mol. The van der Waals surface area contributed by atoms with Crippen LogP contribution in [-0.4, -0.2) is 17.8 Å². The molecule has 88 valence electrons. The molecule has 0 saturated heterocycles. The van der Waals surface area contributed by atoms with Crippen LogP contribution >= 0.6 is 11.6 Å². The predicted octanol–water partition coefficient (Wildman–Crippen LogP) is 3.09. The van der Waals surface area contributed by atoms with Gasteiger partial charge in [-0.25, -0.2) is 0 Å². The normalized spacial score (nSPS) is 21.3. The molecule has 0 heterocycles. The third-order valence-electron chi connectivity index (χ3n) is 3.65. The highest BCUT2D eigenvalue weighted by Crippen LogP contribution is 2.41. The van der Waals surface area contributed by atoms with Gasteiger partial charge in [-0.05, 0) is 25.7 Å². The Bertz CT molecular complexity index is 212. The van der Waals surface area contributed by atoms with E-state index in [1.54, 1.807) is 0 Å². The monoisotopic (exact) mass is 231 g/mol. The minimum atomic E-state index is -0.0790. The average Bonchev–Trinajstić information content (AvgIpc) is 2.75. The standard InChI is InChI=1S/C12H22ClNO/c1-3-10(13)9-14-11(15)12(4-2)7-5-6-8-12/h10H,3-9H2,1-2H3,(H,14,15). The summed E-state index contributed by atoms with van der Waals surface area (Å²) in [6, 6.07) is 0. The number of nitrogens with one attached hydrogen (secondary N) is 1. The number of halogens is 1. The van der Waals surface area contributed by atoms with Crippen molar-refractivity contribution in [1.82, 2.24) is 5.32 Å². The molecular formula is C12H22ClNO. The quantitative estimate of drug-likeness (QED) is 0.724. The Kier molecular flexibility index (Phi) is 4.91. The van der Waals surface area contributed by atoms with Crippen molar-refractivity contribution in [3.63, 3.8) is 0 Å². The first-order valence-electron chi connectivity index (χ1n) is 6.07. The number of hydrogen-bond acceptors (Lipinski definition) is 1. The van der Waals surface area contributed by atoms with Crippen molar-refractivity contribution in [1.29, 1.82) is 0 Å². The van der Waals surface area contributed by atoms with Crippen molar-refractivity contribution in [3.8, 4) is 0 Å². The molecule has 1 aliphatic carbocycles. The number of carbonyl (C=O) groups excluding carboxylic acids is 1. The summed E-state index contributed by atoms with van der Waals surface area (Å²) in [5.41, 5.74) is -0.0790. The van der Waals surface area contributed by atoms with Gasteiger partial charge in [0.05, 0.1) is 5.38 Å². The molecule has 1 unspecified atom stereocenters. The average molecular weight is 232 g/mol. The van der Waals surface area contributed by atoms with Crippen LogP contribution in [0.3, 0.4) is 0 Å². The lowest BCUT2D eigenvalue weighted by atomic mass is 9.82. The van der Waals surface area contributed by atoms with Crippen molar-refractivity contribution in [3.05, 3.63) is 0 Å². The van der Waals surface area contributed by atoms with E-state index in [1.807, 2.05) is 6.92 Å². The van der Waals surface area contributed by atoms with Gasteiger partial charge < -0.3 is 5.32 Å². The number of alkyl halides is 1. The minimum Gasteiger partial charge on any atom is -0.354 e. The summed E-state index contributed by atoms with van der Waals surface area (Å²) in [6.07, 6.45) is 6.35. The molecule has 0 aromatic rings. The summed E-state index contributed by atoms with van der Waals surface area (Å²) < 4.78 is 0. The number of carbonyl (C=O) groups is 1. The van der Waals surface area contributed by atoms with Gasteiger partial charge in [0.2, 0.25) is 5.91 Å². The van der Waals surface area contributed by atoms with Crippen LogP contribution in [0, 0.1) is 5.41 Å². The molecule has 0 aromatic heterocycles. The third kappa shape index (κ3) is 3.10. The van der Waals surface area contributed by atoms with Crippen LogP contribution in [0.5, 0.6) is 0 Å². The maximum atomic E-state index is 12.0. The molecule has 0 aliphatic heterocycles. The zero-order valence-corrected chi connectivity index (χ0v) is 10.6. The van der Waals surface area contributed by atoms with E-state index in [4.69, 9.17) is 11.6 Å². The van der Waals surface area contributed by atoms with Crippen molar-refractivity contribution in [2.75, 3.05) is 6.54 Å². The molecule has 1 fully saturated rings. The van der Waals surface area contributed by atoms with Gasteiger partial charge in [-0.1, -0.05) is 26.7 Å². The molecule has 0 radical (unpaired) electrons. The molecule has 0 aromatic carbocycles.